The molecule has 0 aromatic heterocycles. The number of benzene rings is 1. The van der Waals surface area contributed by atoms with Crippen LogP contribution in [-0.2, 0) is 4.79 Å². The van der Waals surface area contributed by atoms with Crippen LogP contribution in [0.25, 0.3) is 0 Å². The third-order valence-corrected chi connectivity index (χ3v) is 3.96. The summed E-state index contributed by atoms with van der Waals surface area (Å²) < 4.78 is 36.0. The van der Waals surface area contributed by atoms with Crippen molar-refractivity contribution in [1.29, 1.82) is 0 Å². The minimum absolute atomic E-state index is 0.168. The lowest BCUT2D eigenvalue weighted by Gasteiger charge is -2.34. The zero-order valence-corrected chi connectivity index (χ0v) is 13.0. The Kier molecular flexibility index (Phi) is 6.05. The van der Waals surface area contributed by atoms with Crippen LogP contribution >= 0.6 is 0 Å². The highest BCUT2D eigenvalue weighted by atomic mass is 19.4. The summed E-state index contributed by atoms with van der Waals surface area (Å²) in [6.07, 6.45) is -1.35. The molecule has 3 N–H and O–H groups in total. The average molecular weight is 343 g/mol. The van der Waals surface area contributed by atoms with Crippen LogP contribution in [0.1, 0.15) is 30.9 Å². The Bertz CT molecular complexity index is 559. The zero-order valence-electron chi connectivity index (χ0n) is 13.0. The third-order valence-electron chi connectivity index (χ3n) is 3.96. The lowest BCUT2D eigenvalue weighted by atomic mass is 9.77. The van der Waals surface area contributed by atoms with E-state index in [-0.39, 0.29) is 6.04 Å². The standard InChI is InChI=1S/C16H20F3N3O2/c17-16(18,19)10-21-13(23)9-20-15(24)22-14(12-7-4-8-12)11-5-2-1-3-6-11/h1-3,5-6,12,14H,4,7-10H2,(H,21,23)(H2,20,22,24). The van der Waals surface area contributed by atoms with Crippen LogP contribution in [0.4, 0.5) is 18.0 Å². The topological polar surface area (TPSA) is 70.2 Å². The molecule has 1 aliphatic rings. The Hall–Kier alpha value is -2.25. The van der Waals surface area contributed by atoms with Gasteiger partial charge in [0.15, 0.2) is 0 Å². The number of carbonyl (C=O) groups is 2. The molecule has 1 aliphatic carbocycles. The van der Waals surface area contributed by atoms with Gasteiger partial charge in [0.25, 0.3) is 0 Å². The molecule has 1 aromatic rings. The molecule has 0 aliphatic heterocycles. The van der Waals surface area contributed by atoms with Crippen molar-refractivity contribution in [1.82, 2.24) is 16.0 Å². The monoisotopic (exact) mass is 343 g/mol. The van der Waals surface area contributed by atoms with Crippen molar-refractivity contribution < 1.29 is 22.8 Å². The fourth-order valence-electron chi connectivity index (χ4n) is 2.52. The lowest BCUT2D eigenvalue weighted by Crippen LogP contribution is -2.46. The van der Waals surface area contributed by atoms with Gasteiger partial charge in [-0.2, -0.15) is 13.2 Å². The predicted octanol–water partition coefficient (Wildman–Crippen LogP) is 2.51. The first-order valence-corrected chi connectivity index (χ1v) is 7.78. The van der Waals surface area contributed by atoms with Gasteiger partial charge in [0.1, 0.15) is 6.54 Å². The summed E-state index contributed by atoms with van der Waals surface area (Å²) in [4.78, 5) is 23.2. The Labute approximate surface area is 138 Å². The summed E-state index contributed by atoms with van der Waals surface area (Å²) in [6.45, 7) is -1.92. The third kappa shape index (κ3) is 5.75. The number of halogens is 3. The molecule has 0 heterocycles. The normalized spacial score (nSPS) is 16.0. The highest BCUT2D eigenvalue weighted by molar-refractivity contribution is 5.84. The van der Waals surface area contributed by atoms with E-state index in [2.05, 4.69) is 10.6 Å². The van der Waals surface area contributed by atoms with Crippen molar-refractivity contribution in [3.8, 4) is 0 Å². The summed E-state index contributed by atoms with van der Waals surface area (Å²) in [6, 6.07) is 8.73. The van der Waals surface area contributed by atoms with Crippen molar-refractivity contribution in [2.45, 2.75) is 31.5 Å². The van der Waals surface area contributed by atoms with Gasteiger partial charge < -0.3 is 16.0 Å². The fraction of sp³-hybridized carbons (Fsp3) is 0.500. The molecule has 1 aromatic carbocycles. The summed E-state index contributed by atoms with van der Waals surface area (Å²) in [7, 11) is 0. The second-order valence-corrected chi connectivity index (χ2v) is 5.80. The van der Waals surface area contributed by atoms with Crippen molar-refractivity contribution >= 4 is 11.9 Å². The van der Waals surface area contributed by atoms with Gasteiger partial charge in [-0.1, -0.05) is 36.8 Å². The maximum absolute atomic E-state index is 12.0. The Morgan fingerprint density at radius 3 is 2.33 bits per heavy atom. The molecule has 24 heavy (non-hydrogen) atoms. The van der Waals surface area contributed by atoms with Crippen molar-refractivity contribution in [3.05, 3.63) is 35.9 Å². The molecule has 0 spiro atoms. The van der Waals surface area contributed by atoms with Gasteiger partial charge in [-0.15, -0.1) is 0 Å². The van der Waals surface area contributed by atoms with Gasteiger partial charge in [0, 0.05) is 0 Å². The van der Waals surface area contributed by atoms with Crippen LogP contribution in [0.3, 0.4) is 0 Å². The molecule has 0 radical (unpaired) electrons. The highest BCUT2D eigenvalue weighted by Crippen LogP contribution is 2.37. The van der Waals surface area contributed by atoms with E-state index in [1.165, 1.54) is 0 Å². The zero-order chi connectivity index (χ0) is 17.6. The smallest absolute Gasteiger partial charge is 0.345 e. The second kappa shape index (κ2) is 8.03. The summed E-state index contributed by atoms with van der Waals surface area (Å²) in [5.41, 5.74) is 0.971. The molecule has 1 atom stereocenters. The molecular formula is C16H20F3N3O2. The van der Waals surface area contributed by atoms with E-state index in [9.17, 15) is 22.8 Å². The largest absolute Gasteiger partial charge is 0.405 e. The van der Waals surface area contributed by atoms with Gasteiger partial charge in [-0.05, 0) is 24.3 Å². The van der Waals surface area contributed by atoms with E-state index in [1.807, 2.05) is 30.3 Å². The molecule has 5 nitrogen and oxygen atoms in total. The van der Waals surface area contributed by atoms with Gasteiger partial charge in [0.05, 0.1) is 12.6 Å². The Balaban J connectivity index is 1.82. The van der Waals surface area contributed by atoms with Gasteiger partial charge in [0.2, 0.25) is 5.91 Å². The Morgan fingerprint density at radius 2 is 1.79 bits per heavy atom. The quantitative estimate of drug-likeness (QED) is 0.743. The summed E-state index contributed by atoms with van der Waals surface area (Å²) >= 11 is 0. The Morgan fingerprint density at radius 1 is 1.12 bits per heavy atom. The first kappa shape index (κ1) is 18.1. The van der Waals surface area contributed by atoms with Crippen LogP contribution in [0.5, 0.6) is 0 Å². The van der Waals surface area contributed by atoms with Crippen molar-refractivity contribution in [2.24, 2.45) is 5.92 Å². The fourth-order valence-corrected chi connectivity index (χ4v) is 2.52. The van der Waals surface area contributed by atoms with E-state index < -0.39 is 31.2 Å². The molecule has 1 saturated carbocycles. The van der Waals surface area contributed by atoms with E-state index >= 15 is 0 Å². The van der Waals surface area contributed by atoms with Crippen LogP contribution in [0.2, 0.25) is 0 Å². The number of hydrogen-bond acceptors (Lipinski definition) is 2. The number of carbonyl (C=O) groups excluding carboxylic acids is 2. The molecule has 3 amide bonds. The van der Waals surface area contributed by atoms with Gasteiger partial charge in [-0.3, -0.25) is 4.79 Å². The summed E-state index contributed by atoms with van der Waals surface area (Å²) in [5, 5.41) is 6.80. The van der Waals surface area contributed by atoms with Crippen LogP contribution in [-0.4, -0.2) is 31.2 Å². The number of amides is 3. The minimum atomic E-state index is -4.47. The minimum Gasteiger partial charge on any atom is -0.345 e. The molecule has 0 bridgehead atoms. The van der Waals surface area contributed by atoms with E-state index in [4.69, 9.17) is 0 Å². The van der Waals surface area contributed by atoms with Gasteiger partial charge >= 0.3 is 12.2 Å². The average Bonchev–Trinajstić information content (AvgIpc) is 2.49. The lowest BCUT2D eigenvalue weighted by molar-refractivity contribution is -0.137. The second-order valence-electron chi connectivity index (χ2n) is 5.80. The maximum Gasteiger partial charge on any atom is 0.405 e. The first-order valence-electron chi connectivity index (χ1n) is 7.78. The van der Waals surface area contributed by atoms with E-state index in [1.54, 1.807) is 5.32 Å². The molecule has 8 heteroatoms. The molecule has 132 valence electrons. The van der Waals surface area contributed by atoms with Crippen molar-refractivity contribution in [3.63, 3.8) is 0 Å². The molecule has 2 rings (SSSR count). The number of nitrogens with one attached hydrogen (secondary N) is 3. The number of rotatable bonds is 6. The molecule has 1 unspecified atom stereocenters. The van der Waals surface area contributed by atoms with Crippen LogP contribution in [0.15, 0.2) is 30.3 Å². The first-order chi connectivity index (χ1) is 11.3. The van der Waals surface area contributed by atoms with Crippen LogP contribution in [0, 0.1) is 5.92 Å². The highest BCUT2D eigenvalue weighted by Gasteiger charge is 2.30. The number of alkyl halides is 3. The predicted molar refractivity (Wildman–Crippen MR) is 82.1 cm³/mol. The number of urea groups is 1. The maximum atomic E-state index is 12.0. The SMILES string of the molecule is O=C(CNC(=O)NC(c1ccccc1)C1CCC1)NCC(F)(F)F. The molecule has 0 saturated heterocycles. The summed E-state index contributed by atoms with van der Waals surface area (Å²) in [5.74, 6) is -0.556. The molecular weight excluding hydrogens is 323 g/mol. The van der Waals surface area contributed by atoms with Crippen molar-refractivity contribution in [2.75, 3.05) is 13.1 Å². The van der Waals surface area contributed by atoms with Gasteiger partial charge in [-0.25, -0.2) is 4.79 Å². The number of hydrogen-bond donors (Lipinski definition) is 3. The molecule has 1 fully saturated rings. The van der Waals surface area contributed by atoms with Crippen LogP contribution < -0.4 is 16.0 Å². The van der Waals surface area contributed by atoms with E-state index in [0.717, 1.165) is 24.8 Å². The van der Waals surface area contributed by atoms with E-state index in [0.29, 0.717) is 5.92 Å².